The molecule has 116 valence electrons. The van der Waals surface area contributed by atoms with Crippen molar-refractivity contribution in [2.45, 2.75) is 50.9 Å². The van der Waals surface area contributed by atoms with Gasteiger partial charge in [0, 0.05) is 44.0 Å². The number of nitrogens with one attached hydrogen (secondary N) is 1. The van der Waals surface area contributed by atoms with E-state index in [2.05, 4.69) is 17.3 Å². The topological polar surface area (TPSA) is 24.5 Å². The monoisotopic (exact) mass is 292 g/mol. The van der Waals surface area contributed by atoms with Crippen LogP contribution in [0.25, 0.3) is 0 Å². The third-order valence-electron chi connectivity index (χ3n) is 4.52. The second-order valence-corrected chi connectivity index (χ2v) is 6.34. The van der Waals surface area contributed by atoms with Gasteiger partial charge in [-0.2, -0.15) is 0 Å². The Labute approximate surface area is 126 Å². The highest BCUT2D eigenvalue weighted by Crippen LogP contribution is 2.21. The average Bonchev–Trinajstić information content (AvgIpc) is 3.33. The molecule has 3 rings (SSSR count). The minimum atomic E-state index is -0.0934. The van der Waals surface area contributed by atoms with E-state index in [1.54, 1.807) is 6.07 Å². The maximum absolute atomic E-state index is 14.0. The second kappa shape index (κ2) is 6.86. The van der Waals surface area contributed by atoms with Crippen molar-refractivity contribution in [2.24, 2.45) is 0 Å². The van der Waals surface area contributed by atoms with Crippen molar-refractivity contribution in [1.29, 1.82) is 0 Å². The molecule has 21 heavy (non-hydrogen) atoms. The number of benzene rings is 1. The van der Waals surface area contributed by atoms with E-state index in [0.717, 1.165) is 38.2 Å². The molecule has 4 heteroatoms. The zero-order valence-corrected chi connectivity index (χ0v) is 12.8. The lowest BCUT2D eigenvalue weighted by Gasteiger charge is -2.31. The molecule has 2 fully saturated rings. The predicted molar refractivity (Wildman–Crippen MR) is 81.6 cm³/mol. The molecule has 2 aliphatic rings. The third-order valence-corrected chi connectivity index (χ3v) is 4.52. The van der Waals surface area contributed by atoms with E-state index in [9.17, 15) is 4.39 Å². The van der Waals surface area contributed by atoms with E-state index in [1.807, 2.05) is 12.1 Å². The Hall–Kier alpha value is -0.970. The molecule has 1 saturated heterocycles. The number of hydrogen-bond acceptors (Lipinski definition) is 3. The van der Waals surface area contributed by atoms with Crippen molar-refractivity contribution in [2.75, 3.05) is 20.3 Å². The van der Waals surface area contributed by atoms with Gasteiger partial charge < -0.3 is 10.1 Å². The molecule has 0 bridgehead atoms. The van der Waals surface area contributed by atoms with Crippen LogP contribution < -0.4 is 5.32 Å². The molecular weight excluding hydrogens is 267 g/mol. The Morgan fingerprint density at radius 1 is 1.24 bits per heavy atom. The van der Waals surface area contributed by atoms with Crippen LogP contribution in [0, 0.1) is 5.82 Å². The van der Waals surface area contributed by atoms with Crippen molar-refractivity contribution >= 4 is 0 Å². The third kappa shape index (κ3) is 4.25. The lowest BCUT2D eigenvalue weighted by Crippen LogP contribution is -2.36. The van der Waals surface area contributed by atoms with Gasteiger partial charge in [0.25, 0.3) is 0 Å². The van der Waals surface area contributed by atoms with Crippen LogP contribution in [0.4, 0.5) is 4.39 Å². The molecule has 0 atom stereocenters. The number of rotatable bonds is 6. The summed E-state index contributed by atoms with van der Waals surface area (Å²) in [4.78, 5) is 2.26. The van der Waals surface area contributed by atoms with E-state index in [0.29, 0.717) is 18.6 Å². The maximum Gasteiger partial charge on any atom is 0.127 e. The SMILES string of the molecule is CN(Cc1cc(CNC2CC2)ccc1F)C1CCOCC1. The van der Waals surface area contributed by atoms with Crippen LogP contribution in [0.2, 0.25) is 0 Å². The molecule has 3 nitrogen and oxygen atoms in total. The minimum absolute atomic E-state index is 0.0934. The van der Waals surface area contributed by atoms with Gasteiger partial charge in [-0.3, -0.25) is 4.90 Å². The van der Waals surface area contributed by atoms with Gasteiger partial charge in [0.1, 0.15) is 5.82 Å². The van der Waals surface area contributed by atoms with E-state index in [1.165, 1.54) is 18.4 Å². The molecular formula is C17H25FN2O. The second-order valence-electron chi connectivity index (χ2n) is 6.34. The molecule has 1 aromatic rings. The Morgan fingerprint density at radius 2 is 2.00 bits per heavy atom. The van der Waals surface area contributed by atoms with Gasteiger partial charge in [-0.15, -0.1) is 0 Å². The maximum atomic E-state index is 14.0. The molecule has 1 aliphatic heterocycles. The Morgan fingerprint density at radius 3 is 2.71 bits per heavy atom. The smallest absolute Gasteiger partial charge is 0.127 e. The van der Waals surface area contributed by atoms with Crippen molar-refractivity contribution in [1.82, 2.24) is 10.2 Å². The predicted octanol–water partition coefficient (Wildman–Crippen LogP) is 2.69. The van der Waals surface area contributed by atoms with Crippen LogP contribution in [0.3, 0.4) is 0 Å². The van der Waals surface area contributed by atoms with Crippen LogP contribution in [-0.2, 0) is 17.8 Å². The summed E-state index contributed by atoms with van der Waals surface area (Å²) in [5.74, 6) is -0.0934. The van der Waals surface area contributed by atoms with Gasteiger partial charge in [-0.1, -0.05) is 12.1 Å². The molecule has 0 unspecified atom stereocenters. The zero-order valence-electron chi connectivity index (χ0n) is 12.8. The van der Waals surface area contributed by atoms with Crippen LogP contribution in [0.15, 0.2) is 18.2 Å². The molecule has 1 N–H and O–H groups in total. The van der Waals surface area contributed by atoms with Crippen LogP contribution >= 0.6 is 0 Å². The highest BCUT2D eigenvalue weighted by atomic mass is 19.1. The summed E-state index contributed by atoms with van der Waals surface area (Å²) >= 11 is 0. The number of halogens is 1. The number of hydrogen-bond donors (Lipinski definition) is 1. The summed E-state index contributed by atoms with van der Waals surface area (Å²) in [6, 6.07) is 6.70. The summed E-state index contributed by atoms with van der Waals surface area (Å²) in [5.41, 5.74) is 1.98. The Balaban J connectivity index is 1.60. The first-order valence-corrected chi connectivity index (χ1v) is 8.01. The van der Waals surface area contributed by atoms with Crippen molar-refractivity contribution in [3.63, 3.8) is 0 Å². The highest BCUT2D eigenvalue weighted by molar-refractivity contribution is 5.25. The zero-order chi connectivity index (χ0) is 14.7. The number of ether oxygens (including phenoxy) is 1. The van der Waals surface area contributed by atoms with E-state index in [4.69, 9.17) is 4.74 Å². The summed E-state index contributed by atoms with van der Waals surface area (Å²) in [5, 5.41) is 3.48. The normalized spacial score (nSPS) is 20.1. The molecule has 1 saturated carbocycles. The lowest BCUT2D eigenvalue weighted by molar-refractivity contribution is 0.0404. The fraction of sp³-hybridized carbons (Fsp3) is 0.647. The first-order chi connectivity index (χ1) is 10.2. The van der Waals surface area contributed by atoms with Crippen molar-refractivity contribution < 1.29 is 9.13 Å². The minimum Gasteiger partial charge on any atom is -0.381 e. The van der Waals surface area contributed by atoms with E-state index < -0.39 is 0 Å². The van der Waals surface area contributed by atoms with Crippen LogP contribution in [-0.4, -0.2) is 37.2 Å². The molecule has 0 spiro atoms. The lowest BCUT2D eigenvalue weighted by atomic mass is 10.1. The van der Waals surface area contributed by atoms with E-state index in [-0.39, 0.29) is 5.82 Å². The quantitative estimate of drug-likeness (QED) is 0.872. The van der Waals surface area contributed by atoms with Crippen molar-refractivity contribution in [3.8, 4) is 0 Å². The van der Waals surface area contributed by atoms with Gasteiger partial charge in [-0.05, 0) is 44.4 Å². The summed E-state index contributed by atoms with van der Waals surface area (Å²) in [7, 11) is 2.09. The first-order valence-electron chi connectivity index (χ1n) is 8.01. The number of nitrogens with zero attached hydrogens (tertiary/aromatic N) is 1. The average molecular weight is 292 g/mol. The molecule has 0 amide bonds. The fourth-order valence-corrected chi connectivity index (χ4v) is 2.93. The summed E-state index contributed by atoms with van der Waals surface area (Å²) in [6.07, 6.45) is 4.64. The van der Waals surface area contributed by atoms with Gasteiger partial charge in [0.2, 0.25) is 0 Å². The van der Waals surface area contributed by atoms with Gasteiger partial charge in [-0.25, -0.2) is 4.39 Å². The summed E-state index contributed by atoms with van der Waals surface area (Å²) < 4.78 is 19.4. The molecule has 1 aliphatic carbocycles. The van der Waals surface area contributed by atoms with E-state index >= 15 is 0 Å². The Bertz CT molecular complexity index is 470. The van der Waals surface area contributed by atoms with Crippen LogP contribution in [0.1, 0.15) is 36.8 Å². The first kappa shape index (κ1) is 14.9. The molecule has 0 radical (unpaired) electrons. The molecule has 1 aromatic carbocycles. The molecule has 1 heterocycles. The summed E-state index contributed by atoms with van der Waals surface area (Å²) in [6.45, 7) is 3.17. The van der Waals surface area contributed by atoms with Crippen LogP contribution in [0.5, 0.6) is 0 Å². The largest absolute Gasteiger partial charge is 0.381 e. The Kier molecular flexibility index (Phi) is 4.88. The van der Waals surface area contributed by atoms with Gasteiger partial charge >= 0.3 is 0 Å². The standard InChI is InChI=1S/C17H25FN2O/c1-20(16-6-8-21-9-7-16)12-14-10-13(2-5-17(14)18)11-19-15-3-4-15/h2,5,10,15-16,19H,3-4,6-9,11-12H2,1H3. The van der Waals surface area contributed by atoms with Gasteiger partial charge in [0.15, 0.2) is 0 Å². The van der Waals surface area contributed by atoms with Crippen molar-refractivity contribution in [3.05, 3.63) is 35.1 Å². The van der Waals surface area contributed by atoms with Gasteiger partial charge in [0.05, 0.1) is 0 Å². The highest BCUT2D eigenvalue weighted by Gasteiger charge is 2.21. The molecule has 0 aromatic heterocycles. The fourth-order valence-electron chi connectivity index (χ4n) is 2.93.